The standard InChI is InChI=1S/C13H12BrFN2O/c1-3-13-16-10(7-12(14)17-13)8-4-5-11(18-2)9(15)6-8/h4-7H,3H2,1-2H3. The van der Waals surface area contributed by atoms with E-state index in [2.05, 4.69) is 25.9 Å². The summed E-state index contributed by atoms with van der Waals surface area (Å²) in [6.45, 7) is 1.97. The van der Waals surface area contributed by atoms with Gasteiger partial charge >= 0.3 is 0 Å². The van der Waals surface area contributed by atoms with E-state index in [1.807, 2.05) is 6.92 Å². The molecule has 0 saturated heterocycles. The summed E-state index contributed by atoms with van der Waals surface area (Å²) >= 11 is 3.33. The minimum Gasteiger partial charge on any atom is -0.494 e. The van der Waals surface area contributed by atoms with Gasteiger partial charge in [0.25, 0.3) is 0 Å². The van der Waals surface area contributed by atoms with Gasteiger partial charge in [0.2, 0.25) is 0 Å². The van der Waals surface area contributed by atoms with Crippen LogP contribution < -0.4 is 4.74 Å². The van der Waals surface area contributed by atoms with Gasteiger partial charge in [-0.1, -0.05) is 6.92 Å². The third-order valence-electron chi connectivity index (χ3n) is 2.50. The zero-order valence-corrected chi connectivity index (χ0v) is 11.7. The van der Waals surface area contributed by atoms with Gasteiger partial charge < -0.3 is 4.74 Å². The van der Waals surface area contributed by atoms with Crippen molar-refractivity contribution in [1.29, 1.82) is 0 Å². The first-order valence-corrected chi connectivity index (χ1v) is 6.30. The van der Waals surface area contributed by atoms with Crippen molar-refractivity contribution in [3.8, 4) is 17.0 Å². The fourth-order valence-corrected chi connectivity index (χ4v) is 2.02. The number of ether oxygens (including phenoxy) is 1. The van der Waals surface area contributed by atoms with Crippen molar-refractivity contribution in [1.82, 2.24) is 9.97 Å². The predicted molar refractivity (Wildman–Crippen MR) is 71.1 cm³/mol. The Morgan fingerprint density at radius 1 is 1.28 bits per heavy atom. The van der Waals surface area contributed by atoms with Gasteiger partial charge in [0, 0.05) is 12.0 Å². The van der Waals surface area contributed by atoms with Crippen molar-refractivity contribution in [2.75, 3.05) is 7.11 Å². The van der Waals surface area contributed by atoms with Gasteiger partial charge in [-0.2, -0.15) is 0 Å². The topological polar surface area (TPSA) is 35.0 Å². The second-order valence-electron chi connectivity index (χ2n) is 3.70. The molecule has 2 rings (SSSR count). The molecule has 0 N–H and O–H groups in total. The van der Waals surface area contributed by atoms with Gasteiger partial charge in [0.05, 0.1) is 12.8 Å². The van der Waals surface area contributed by atoms with Gasteiger partial charge in [-0.05, 0) is 40.2 Å². The number of aromatic nitrogens is 2. The SMILES string of the molecule is CCc1nc(Br)cc(-c2ccc(OC)c(F)c2)n1. The molecular weight excluding hydrogens is 299 g/mol. The van der Waals surface area contributed by atoms with Crippen LogP contribution in [-0.2, 0) is 6.42 Å². The van der Waals surface area contributed by atoms with E-state index in [1.165, 1.54) is 13.2 Å². The summed E-state index contributed by atoms with van der Waals surface area (Å²) in [6.07, 6.45) is 0.727. The maximum atomic E-state index is 13.6. The molecule has 5 heteroatoms. The Balaban J connectivity index is 2.48. The van der Waals surface area contributed by atoms with Crippen LogP contribution >= 0.6 is 15.9 Å². The van der Waals surface area contributed by atoms with E-state index >= 15 is 0 Å². The third kappa shape index (κ3) is 2.67. The van der Waals surface area contributed by atoms with E-state index in [0.29, 0.717) is 15.9 Å². The molecule has 0 spiro atoms. The number of aryl methyl sites for hydroxylation is 1. The van der Waals surface area contributed by atoms with E-state index in [0.717, 1.165) is 12.2 Å². The minimum absolute atomic E-state index is 0.225. The number of rotatable bonds is 3. The van der Waals surface area contributed by atoms with Crippen molar-refractivity contribution >= 4 is 15.9 Å². The number of hydrogen-bond donors (Lipinski definition) is 0. The molecule has 2 aromatic rings. The molecule has 0 aliphatic carbocycles. The number of halogens is 2. The number of methoxy groups -OCH3 is 1. The molecule has 0 atom stereocenters. The molecule has 1 aromatic heterocycles. The Morgan fingerprint density at radius 2 is 2.06 bits per heavy atom. The van der Waals surface area contributed by atoms with Crippen molar-refractivity contribution in [2.45, 2.75) is 13.3 Å². The van der Waals surface area contributed by atoms with Gasteiger partial charge in [-0.25, -0.2) is 14.4 Å². The van der Waals surface area contributed by atoms with Crippen LogP contribution in [0.15, 0.2) is 28.9 Å². The molecule has 0 bridgehead atoms. The Hall–Kier alpha value is -1.49. The normalized spacial score (nSPS) is 10.4. The van der Waals surface area contributed by atoms with Crippen LogP contribution in [0.4, 0.5) is 4.39 Å². The van der Waals surface area contributed by atoms with Crippen LogP contribution in [-0.4, -0.2) is 17.1 Å². The average molecular weight is 311 g/mol. The highest BCUT2D eigenvalue weighted by Gasteiger charge is 2.08. The number of nitrogens with zero attached hydrogens (tertiary/aromatic N) is 2. The molecule has 0 aliphatic heterocycles. The summed E-state index contributed by atoms with van der Waals surface area (Å²) in [5.74, 6) is 0.543. The van der Waals surface area contributed by atoms with Crippen LogP contribution in [0.25, 0.3) is 11.3 Å². The first-order valence-electron chi connectivity index (χ1n) is 5.51. The molecule has 1 aromatic carbocycles. The van der Waals surface area contributed by atoms with Crippen LogP contribution in [0.3, 0.4) is 0 Å². The van der Waals surface area contributed by atoms with E-state index in [1.54, 1.807) is 18.2 Å². The minimum atomic E-state index is -0.400. The molecule has 0 saturated carbocycles. The first kappa shape index (κ1) is 13.0. The maximum absolute atomic E-state index is 13.6. The largest absolute Gasteiger partial charge is 0.494 e. The summed E-state index contributed by atoms with van der Waals surface area (Å²) < 4.78 is 19.2. The summed E-state index contributed by atoms with van der Waals surface area (Å²) in [5.41, 5.74) is 1.39. The highest BCUT2D eigenvalue weighted by molar-refractivity contribution is 9.10. The smallest absolute Gasteiger partial charge is 0.165 e. The molecule has 3 nitrogen and oxygen atoms in total. The Bertz CT molecular complexity index is 575. The highest BCUT2D eigenvalue weighted by Crippen LogP contribution is 2.25. The molecule has 1 heterocycles. The number of benzene rings is 1. The fourth-order valence-electron chi connectivity index (χ4n) is 1.60. The van der Waals surface area contributed by atoms with Crippen LogP contribution in [0.2, 0.25) is 0 Å². The third-order valence-corrected chi connectivity index (χ3v) is 2.91. The van der Waals surface area contributed by atoms with Crippen LogP contribution in [0.1, 0.15) is 12.7 Å². The summed E-state index contributed by atoms with van der Waals surface area (Å²) in [7, 11) is 1.44. The second-order valence-corrected chi connectivity index (χ2v) is 4.51. The summed E-state index contributed by atoms with van der Waals surface area (Å²) in [4.78, 5) is 8.59. The van der Waals surface area contributed by atoms with E-state index < -0.39 is 5.82 Å². The van der Waals surface area contributed by atoms with Gasteiger partial charge in [-0.3, -0.25) is 0 Å². The molecule has 18 heavy (non-hydrogen) atoms. The molecule has 0 aliphatic rings. The quantitative estimate of drug-likeness (QED) is 0.812. The maximum Gasteiger partial charge on any atom is 0.165 e. The van der Waals surface area contributed by atoms with Crippen molar-refractivity contribution in [2.24, 2.45) is 0 Å². The summed E-state index contributed by atoms with van der Waals surface area (Å²) in [5, 5.41) is 0. The van der Waals surface area contributed by atoms with Gasteiger partial charge in [-0.15, -0.1) is 0 Å². The first-order chi connectivity index (χ1) is 8.63. The lowest BCUT2D eigenvalue weighted by Gasteiger charge is -2.06. The van der Waals surface area contributed by atoms with E-state index in [9.17, 15) is 4.39 Å². The van der Waals surface area contributed by atoms with E-state index in [4.69, 9.17) is 4.74 Å². The zero-order chi connectivity index (χ0) is 13.1. The average Bonchev–Trinajstić information content (AvgIpc) is 2.37. The lowest BCUT2D eigenvalue weighted by Crippen LogP contribution is -1.96. The second kappa shape index (κ2) is 5.44. The van der Waals surface area contributed by atoms with Gasteiger partial charge in [0.15, 0.2) is 11.6 Å². The molecule has 94 valence electrons. The van der Waals surface area contributed by atoms with Crippen molar-refractivity contribution in [3.63, 3.8) is 0 Å². The molecule has 0 unspecified atom stereocenters. The Kier molecular flexibility index (Phi) is 3.91. The van der Waals surface area contributed by atoms with Crippen LogP contribution in [0.5, 0.6) is 5.75 Å². The fraction of sp³-hybridized carbons (Fsp3) is 0.231. The van der Waals surface area contributed by atoms with Crippen molar-refractivity contribution in [3.05, 3.63) is 40.5 Å². The Morgan fingerprint density at radius 3 is 2.67 bits per heavy atom. The predicted octanol–water partition coefficient (Wildman–Crippen LogP) is 3.62. The molecule has 0 amide bonds. The van der Waals surface area contributed by atoms with Gasteiger partial charge in [0.1, 0.15) is 10.4 Å². The molecule has 0 radical (unpaired) electrons. The molecule has 0 fully saturated rings. The molecular formula is C13H12BrFN2O. The lowest BCUT2D eigenvalue weighted by atomic mass is 10.1. The Labute approximate surface area is 113 Å². The number of hydrogen-bond acceptors (Lipinski definition) is 3. The lowest BCUT2D eigenvalue weighted by molar-refractivity contribution is 0.386. The summed E-state index contributed by atoms with van der Waals surface area (Å²) in [6, 6.07) is 6.54. The van der Waals surface area contributed by atoms with Crippen LogP contribution in [0, 0.1) is 5.82 Å². The van der Waals surface area contributed by atoms with E-state index in [-0.39, 0.29) is 5.75 Å². The van der Waals surface area contributed by atoms with Crippen molar-refractivity contribution < 1.29 is 9.13 Å². The highest BCUT2D eigenvalue weighted by atomic mass is 79.9. The monoisotopic (exact) mass is 310 g/mol. The zero-order valence-electron chi connectivity index (χ0n) is 10.1.